The largest absolute Gasteiger partial charge is 0.331 e. The van der Waals surface area contributed by atoms with Crippen LogP contribution in [0.3, 0.4) is 0 Å². The summed E-state index contributed by atoms with van der Waals surface area (Å²) in [6.45, 7) is 4.17. The maximum atomic E-state index is 13.2. The summed E-state index contributed by atoms with van der Waals surface area (Å²) >= 11 is 0. The van der Waals surface area contributed by atoms with Gasteiger partial charge in [-0.15, -0.1) is 0 Å². The third-order valence-corrected chi connectivity index (χ3v) is 3.75. The summed E-state index contributed by atoms with van der Waals surface area (Å²) < 4.78 is 15.3. The first-order valence-corrected chi connectivity index (χ1v) is 5.93. The molecule has 0 saturated carbocycles. The van der Waals surface area contributed by atoms with Crippen LogP contribution in [0.25, 0.3) is 11.0 Å². The van der Waals surface area contributed by atoms with Gasteiger partial charge in [0.05, 0.1) is 11.0 Å². The lowest BCUT2D eigenvalue weighted by molar-refractivity contribution is 0.475. The molecule has 1 fully saturated rings. The molecule has 1 aromatic carbocycles. The van der Waals surface area contributed by atoms with Gasteiger partial charge in [-0.05, 0) is 25.1 Å². The summed E-state index contributed by atoms with van der Waals surface area (Å²) in [5, 5.41) is 3.37. The van der Waals surface area contributed by atoms with Crippen LogP contribution in [0.15, 0.2) is 18.2 Å². The lowest BCUT2D eigenvalue weighted by Gasteiger charge is -2.21. The first kappa shape index (κ1) is 10.7. The first-order valence-electron chi connectivity index (χ1n) is 5.93. The Morgan fingerprint density at radius 3 is 3.00 bits per heavy atom. The van der Waals surface area contributed by atoms with E-state index in [2.05, 4.69) is 21.8 Å². The Labute approximate surface area is 99.7 Å². The van der Waals surface area contributed by atoms with Gasteiger partial charge in [0, 0.05) is 25.1 Å². The summed E-state index contributed by atoms with van der Waals surface area (Å²) in [6, 6.07) is 4.79. The fraction of sp³-hybridized carbons (Fsp3) is 0.462. The van der Waals surface area contributed by atoms with Crippen molar-refractivity contribution in [1.82, 2.24) is 14.9 Å². The van der Waals surface area contributed by atoms with Gasteiger partial charge in [0.1, 0.15) is 11.6 Å². The van der Waals surface area contributed by atoms with Crippen molar-refractivity contribution in [1.29, 1.82) is 0 Å². The van der Waals surface area contributed by atoms with Gasteiger partial charge in [-0.3, -0.25) is 0 Å². The van der Waals surface area contributed by atoms with Gasteiger partial charge in [-0.2, -0.15) is 0 Å². The Hall–Kier alpha value is -1.42. The second-order valence-corrected chi connectivity index (χ2v) is 5.11. The maximum Gasteiger partial charge on any atom is 0.125 e. The van der Waals surface area contributed by atoms with Crippen molar-refractivity contribution < 1.29 is 4.39 Å². The van der Waals surface area contributed by atoms with E-state index in [4.69, 9.17) is 0 Å². The molecule has 1 aliphatic heterocycles. The highest BCUT2D eigenvalue weighted by Gasteiger charge is 2.34. The average molecular weight is 233 g/mol. The molecule has 17 heavy (non-hydrogen) atoms. The molecule has 1 saturated heterocycles. The number of rotatable bonds is 1. The molecule has 1 N–H and O–H groups in total. The molecular formula is C13H16FN3. The number of hydrogen-bond donors (Lipinski definition) is 1. The highest BCUT2D eigenvalue weighted by Crippen LogP contribution is 2.31. The van der Waals surface area contributed by atoms with Crippen molar-refractivity contribution in [3.8, 4) is 0 Å². The van der Waals surface area contributed by atoms with E-state index in [1.165, 1.54) is 12.1 Å². The SMILES string of the molecule is Cn1c(C2(C)CCNC2)nc2cc(F)ccc21. The number of nitrogens with one attached hydrogen (secondary N) is 1. The Morgan fingerprint density at radius 2 is 2.29 bits per heavy atom. The van der Waals surface area contributed by atoms with Crippen LogP contribution < -0.4 is 5.32 Å². The van der Waals surface area contributed by atoms with Crippen LogP contribution in [0.5, 0.6) is 0 Å². The van der Waals surface area contributed by atoms with Gasteiger partial charge in [0.15, 0.2) is 0 Å². The quantitative estimate of drug-likeness (QED) is 0.816. The van der Waals surface area contributed by atoms with E-state index < -0.39 is 0 Å². The van der Waals surface area contributed by atoms with Crippen LogP contribution in [-0.2, 0) is 12.5 Å². The number of fused-ring (bicyclic) bond motifs is 1. The van der Waals surface area contributed by atoms with Gasteiger partial charge >= 0.3 is 0 Å². The van der Waals surface area contributed by atoms with Crippen LogP contribution in [-0.4, -0.2) is 22.6 Å². The van der Waals surface area contributed by atoms with Gasteiger partial charge in [-0.1, -0.05) is 6.92 Å². The van der Waals surface area contributed by atoms with Crippen molar-refractivity contribution in [2.75, 3.05) is 13.1 Å². The predicted molar refractivity (Wildman–Crippen MR) is 65.5 cm³/mol. The summed E-state index contributed by atoms with van der Waals surface area (Å²) in [5.41, 5.74) is 1.80. The normalized spacial score (nSPS) is 24.6. The molecule has 90 valence electrons. The van der Waals surface area contributed by atoms with E-state index >= 15 is 0 Å². The molecule has 0 radical (unpaired) electrons. The van der Waals surface area contributed by atoms with Gasteiger partial charge < -0.3 is 9.88 Å². The summed E-state index contributed by atoms with van der Waals surface area (Å²) in [7, 11) is 2.01. The molecular weight excluding hydrogens is 217 g/mol. The van der Waals surface area contributed by atoms with Gasteiger partial charge in [-0.25, -0.2) is 9.37 Å². The zero-order valence-electron chi connectivity index (χ0n) is 10.1. The average Bonchev–Trinajstić information content (AvgIpc) is 2.85. The molecule has 0 aliphatic carbocycles. The molecule has 3 rings (SSSR count). The van der Waals surface area contributed by atoms with E-state index in [9.17, 15) is 4.39 Å². The zero-order valence-corrected chi connectivity index (χ0v) is 10.1. The van der Waals surface area contributed by atoms with Crippen molar-refractivity contribution in [2.45, 2.75) is 18.8 Å². The number of nitrogens with zero attached hydrogens (tertiary/aromatic N) is 2. The number of imidazole rings is 1. The molecule has 1 unspecified atom stereocenters. The van der Waals surface area contributed by atoms with Crippen LogP contribution >= 0.6 is 0 Å². The second kappa shape index (κ2) is 3.53. The molecule has 2 heterocycles. The molecule has 2 aromatic rings. The third kappa shape index (κ3) is 1.55. The number of halogens is 1. The molecule has 0 spiro atoms. The second-order valence-electron chi connectivity index (χ2n) is 5.11. The topological polar surface area (TPSA) is 29.9 Å². The smallest absolute Gasteiger partial charge is 0.125 e. The molecule has 0 amide bonds. The van der Waals surface area contributed by atoms with E-state index in [-0.39, 0.29) is 11.2 Å². The van der Waals surface area contributed by atoms with E-state index in [1.54, 1.807) is 6.07 Å². The van der Waals surface area contributed by atoms with Crippen LogP contribution in [0.4, 0.5) is 4.39 Å². The number of aromatic nitrogens is 2. The van der Waals surface area contributed by atoms with Crippen molar-refractivity contribution in [3.63, 3.8) is 0 Å². The molecule has 4 heteroatoms. The van der Waals surface area contributed by atoms with E-state index in [0.29, 0.717) is 0 Å². The first-order chi connectivity index (χ1) is 8.10. The van der Waals surface area contributed by atoms with Crippen LogP contribution in [0, 0.1) is 5.82 Å². The van der Waals surface area contributed by atoms with Crippen LogP contribution in [0.2, 0.25) is 0 Å². The van der Waals surface area contributed by atoms with E-state index in [0.717, 1.165) is 36.4 Å². The molecule has 3 nitrogen and oxygen atoms in total. The molecule has 1 atom stereocenters. The molecule has 1 aromatic heterocycles. The lowest BCUT2D eigenvalue weighted by Crippen LogP contribution is -2.28. The fourth-order valence-electron chi connectivity index (χ4n) is 2.72. The monoisotopic (exact) mass is 233 g/mol. The minimum atomic E-state index is -0.225. The molecule has 0 bridgehead atoms. The third-order valence-electron chi connectivity index (χ3n) is 3.75. The van der Waals surface area contributed by atoms with Gasteiger partial charge in [0.25, 0.3) is 0 Å². The van der Waals surface area contributed by atoms with Gasteiger partial charge in [0.2, 0.25) is 0 Å². The summed E-state index contributed by atoms with van der Waals surface area (Å²) in [6.07, 6.45) is 1.08. The predicted octanol–water partition coefficient (Wildman–Crippen LogP) is 1.96. The number of aryl methyl sites for hydroxylation is 1. The lowest BCUT2D eigenvalue weighted by atomic mass is 9.89. The Kier molecular flexibility index (Phi) is 2.23. The molecule has 1 aliphatic rings. The van der Waals surface area contributed by atoms with Crippen molar-refractivity contribution in [3.05, 3.63) is 29.8 Å². The minimum Gasteiger partial charge on any atom is -0.331 e. The fourth-order valence-corrected chi connectivity index (χ4v) is 2.72. The van der Waals surface area contributed by atoms with Crippen molar-refractivity contribution in [2.24, 2.45) is 7.05 Å². The summed E-state index contributed by atoms with van der Waals surface area (Å²) in [4.78, 5) is 4.61. The zero-order chi connectivity index (χ0) is 12.0. The Morgan fingerprint density at radius 1 is 1.47 bits per heavy atom. The maximum absolute atomic E-state index is 13.2. The van der Waals surface area contributed by atoms with E-state index in [1.807, 2.05) is 7.05 Å². The van der Waals surface area contributed by atoms with Crippen LogP contribution in [0.1, 0.15) is 19.2 Å². The number of hydrogen-bond acceptors (Lipinski definition) is 2. The number of benzene rings is 1. The Balaban J connectivity index is 2.20. The van der Waals surface area contributed by atoms with Crippen molar-refractivity contribution >= 4 is 11.0 Å². The highest BCUT2D eigenvalue weighted by atomic mass is 19.1. The standard InChI is InChI=1S/C13H16FN3/c1-13(5-6-15-8-13)12-16-10-7-9(14)3-4-11(10)17(12)2/h3-4,7,15H,5-6,8H2,1-2H3. The summed E-state index contributed by atoms with van der Waals surface area (Å²) in [5.74, 6) is 0.819. The minimum absolute atomic E-state index is 0.0598. The Bertz CT molecular complexity index is 567. The highest BCUT2D eigenvalue weighted by molar-refractivity contribution is 5.76.